The Balaban J connectivity index is 1.94. The number of amides is 1. The van der Waals surface area contributed by atoms with Crippen molar-refractivity contribution in [3.63, 3.8) is 0 Å². The predicted octanol–water partition coefficient (Wildman–Crippen LogP) is 2.08. The van der Waals surface area contributed by atoms with E-state index in [1.54, 1.807) is 11.8 Å². The number of nitrogens with zero attached hydrogens (tertiary/aromatic N) is 3. The fraction of sp³-hybridized carbons (Fsp3) is 0.294. The van der Waals surface area contributed by atoms with Gasteiger partial charge in [0.1, 0.15) is 6.33 Å². The highest BCUT2D eigenvalue weighted by Gasteiger charge is 2.39. The van der Waals surface area contributed by atoms with Crippen molar-refractivity contribution in [2.45, 2.75) is 19.4 Å². The molecule has 23 heavy (non-hydrogen) atoms. The normalized spacial score (nSPS) is 20.5. The molecule has 1 aromatic heterocycles. The molecule has 2 unspecified atom stereocenters. The molecule has 1 amide bonds. The molecule has 0 radical (unpaired) electrons. The minimum absolute atomic E-state index is 0.222. The van der Waals surface area contributed by atoms with E-state index in [9.17, 15) is 14.7 Å². The Kier molecular flexibility index (Phi) is 4.06. The van der Waals surface area contributed by atoms with Crippen molar-refractivity contribution >= 4 is 11.9 Å². The quantitative estimate of drug-likeness (QED) is 0.938. The summed E-state index contributed by atoms with van der Waals surface area (Å²) >= 11 is 0. The van der Waals surface area contributed by atoms with E-state index in [-0.39, 0.29) is 11.9 Å². The first kappa shape index (κ1) is 15.1. The molecular formula is C17H17N3O3. The molecule has 2 heterocycles. The lowest BCUT2D eigenvalue weighted by atomic mass is 10.0. The molecule has 1 N–H and O–H groups in total. The second-order valence-electron chi connectivity index (χ2n) is 5.62. The Morgan fingerprint density at radius 1 is 1.26 bits per heavy atom. The average Bonchev–Trinajstić information content (AvgIpc) is 2.97. The first-order valence-electron chi connectivity index (χ1n) is 7.49. The van der Waals surface area contributed by atoms with Crippen molar-refractivity contribution in [3.05, 3.63) is 48.4 Å². The monoisotopic (exact) mass is 311 g/mol. The summed E-state index contributed by atoms with van der Waals surface area (Å²) in [7, 11) is 0. The SMILES string of the molecule is CC1C(C(=O)O)CCN1C(=O)c1cncnc1-c1ccccc1. The van der Waals surface area contributed by atoms with Gasteiger partial charge in [-0.3, -0.25) is 9.59 Å². The predicted molar refractivity (Wildman–Crippen MR) is 83.7 cm³/mol. The summed E-state index contributed by atoms with van der Waals surface area (Å²) in [4.78, 5) is 33.9. The van der Waals surface area contributed by atoms with Gasteiger partial charge < -0.3 is 10.0 Å². The maximum Gasteiger partial charge on any atom is 0.308 e. The van der Waals surface area contributed by atoms with Gasteiger partial charge in [0.05, 0.1) is 17.2 Å². The van der Waals surface area contributed by atoms with Crippen LogP contribution in [0, 0.1) is 5.92 Å². The van der Waals surface area contributed by atoms with E-state index in [0.29, 0.717) is 24.2 Å². The molecule has 6 heteroatoms. The molecule has 1 saturated heterocycles. The van der Waals surface area contributed by atoms with Gasteiger partial charge in [0.2, 0.25) is 0 Å². The van der Waals surface area contributed by atoms with Crippen molar-refractivity contribution in [1.29, 1.82) is 0 Å². The number of hydrogen-bond acceptors (Lipinski definition) is 4. The second kappa shape index (κ2) is 6.16. The van der Waals surface area contributed by atoms with E-state index < -0.39 is 11.9 Å². The molecule has 0 spiro atoms. The minimum Gasteiger partial charge on any atom is -0.481 e. The van der Waals surface area contributed by atoms with Gasteiger partial charge in [-0.25, -0.2) is 9.97 Å². The van der Waals surface area contributed by atoms with Crippen LogP contribution in [0.4, 0.5) is 0 Å². The average molecular weight is 311 g/mol. The van der Waals surface area contributed by atoms with Crippen LogP contribution in [0.5, 0.6) is 0 Å². The lowest BCUT2D eigenvalue weighted by molar-refractivity contribution is -0.142. The van der Waals surface area contributed by atoms with Gasteiger partial charge in [-0.15, -0.1) is 0 Å². The Labute approximate surface area is 133 Å². The summed E-state index contributed by atoms with van der Waals surface area (Å²) in [5.41, 5.74) is 1.80. The third-order valence-corrected chi connectivity index (χ3v) is 4.32. The molecule has 6 nitrogen and oxygen atoms in total. The molecule has 0 bridgehead atoms. The minimum atomic E-state index is -0.861. The first-order chi connectivity index (χ1) is 11.1. The number of aliphatic carboxylic acids is 1. The number of carboxylic acid groups (broad SMARTS) is 1. The van der Waals surface area contributed by atoms with Crippen molar-refractivity contribution in [2.75, 3.05) is 6.54 Å². The van der Waals surface area contributed by atoms with Crippen LogP contribution in [0.1, 0.15) is 23.7 Å². The van der Waals surface area contributed by atoms with E-state index in [4.69, 9.17) is 0 Å². The number of carboxylic acids is 1. The number of rotatable bonds is 3. The van der Waals surface area contributed by atoms with E-state index in [1.807, 2.05) is 30.3 Å². The molecule has 1 fully saturated rings. The molecule has 118 valence electrons. The summed E-state index contributed by atoms with van der Waals surface area (Å²) in [6.45, 7) is 2.20. The zero-order valence-electron chi connectivity index (χ0n) is 12.7. The Hall–Kier alpha value is -2.76. The van der Waals surface area contributed by atoms with E-state index >= 15 is 0 Å². The highest BCUT2D eigenvalue weighted by molar-refractivity contribution is 6.00. The van der Waals surface area contributed by atoms with Gasteiger partial charge >= 0.3 is 5.97 Å². The van der Waals surface area contributed by atoms with Crippen LogP contribution in [0.25, 0.3) is 11.3 Å². The van der Waals surface area contributed by atoms with Crippen molar-refractivity contribution in [2.24, 2.45) is 5.92 Å². The summed E-state index contributed by atoms with van der Waals surface area (Å²) in [5.74, 6) is -1.61. The summed E-state index contributed by atoms with van der Waals surface area (Å²) < 4.78 is 0. The van der Waals surface area contributed by atoms with Crippen LogP contribution < -0.4 is 0 Å². The van der Waals surface area contributed by atoms with Crippen LogP contribution in [-0.4, -0.2) is 44.4 Å². The van der Waals surface area contributed by atoms with Gasteiger partial charge in [-0.2, -0.15) is 0 Å². The van der Waals surface area contributed by atoms with Crippen molar-refractivity contribution in [3.8, 4) is 11.3 Å². The Morgan fingerprint density at radius 3 is 2.65 bits per heavy atom. The molecule has 0 saturated carbocycles. The summed E-state index contributed by atoms with van der Waals surface area (Å²) in [5, 5.41) is 9.22. The summed E-state index contributed by atoms with van der Waals surface area (Å²) in [6, 6.07) is 9.07. The molecule has 3 rings (SSSR count). The number of aromatic nitrogens is 2. The Bertz CT molecular complexity index is 733. The van der Waals surface area contributed by atoms with E-state index in [0.717, 1.165) is 5.56 Å². The molecular weight excluding hydrogens is 294 g/mol. The van der Waals surface area contributed by atoms with Gasteiger partial charge in [0.25, 0.3) is 5.91 Å². The number of likely N-dealkylation sites (tertiary alicyclic amines) is 1. The third-order valence-electron chi connectivity index (χ3n) is 4.32. The van der Waals surface area contributed by atoms with Gasteiger partial charge in [-0.05, 0) is 13.3 Å². The van der Waals surface area contributed by atoms with E-state index in [1.165, 1.54) is 12.5 Å². The highest BCUT2D eigenvalue weighted by atomic mass is 16.4. The lowest BCUT2D eigenvalue weighted by Gasteiger charge is -2.24. The number of carbonyl (C=O) groups is 2. The van der Waals surface area contributed by atoms with Gasteiger partial charge in [-0.1, -0.05) is 30.3 Å². The smallest absolute Gasteiger partial charge is 0.308 e. The van der Waals surface area contributed by atoms with Gasteiger partial charge in [0.15, 0.2) is 0 Å². The standard InChI is InChI=1S/C17H17N3O3/c1-11-13(17(22)23)7-8-20(11)16(21)14-9-18-10-19-15(14)12-5-3-2-4-6-12/h2-6,9-11,13H,7-8H2,1H3,(H,22,23). The summed E-state index contributed by atoms with van der Waals surface area (Å²) in [6.07, 6.45) is 3.38. The van der Waals surface area contributed by atoms with Crippen molar-refractivity contribution < 1.29 is 14.7 Å². The zero-order chi connectivity index (χ0) is 16.4. The van der Waals surface area contributed by atoms with Crippen LogP contribution in [0.3, 0.4) is 0 Å². The largest absolute Gasteiger partial charge is 0.481 e. The molecule has 2 atom stereocenters. The highest BCUT2D eigenvalue weighted by Crippen LogP contribution is 2.28. The molecule has 2 aromatic rings. The molecule has 0 aliphatic carbocycles. The maximum absolute atomic E-state index is 12.9. The van der Waals surface area contributed by atoms with Gasteiger partial charge in [0, 0.05) is 24.3 Å². The fourth-order valence-electron chi connectivity index (χ4n) is 3.02. The maximum atomic E-state index is 12.9. The van der Waals surface area contributed by atoms with Crippen LogP contribution in [-0.2, 0) is 4.79 Å². The molecule has 1 aliphatic heterocycles. The number of benzene rings is 1. The van der Waals surface area contributed by atoms with Crippen LogP contribution in [0.15, 0.2) is 42.9 Å². The Morgan fingerprint density at radius 2 is 2.00 bits per heavy atom. The third kappa shape index (κ3) is 2.79. The van der Waals surface area contributed by atoms with Crippen LogP contribution in [0.2, 0.25) is 0 Å². The van der Waals surface area contributed by atoms with E-state index in [2.05, 4.69) is 9.97 Å². The fourth-order valence-corrected chi connectivity index (χ4v) is 3.02. The molecule has 1 aromatic carbocycles. The molecule has 1 aliphatic rings. The second-order valence-corrected chi connectivity index (χ2v) is 5.62. The number of carbonyl (C=O) groups excluding carboxylic acids is 1. The topological polar surface area (TPSA) is 83.4 Å². The van der Waals surface area contributed by atoms with Crippen molar-refractivity contribution in [1.82, 2.24) is 14.9 Å². The first-order valence-corrected chi connectivity index (χ1v) is 7.49. The zero-order valence-corrected chi connectivity index (χ0v) is 12.7. The number of hydrogen-bond donors (Lipinski definition) is 1. The lowest BCUT2D eigenvalue weighted by Crippen LogP contribution is -2.38. The van der Waals surface area contributed by atoms with Crippen LogP contribution >= 0.6 is 0 Å².